The lowest BCUT2D eigenvalue weighted by Gasteiger charge is -2.26. The van der Waals surface area contributed by atoms with Gasteiger partial charge in [-0.1, -0.05) is 48.0 Å². The van der Waals surface area contributed by atoms with Crippen molar-refractivity contribution in [3.63, 3.8) is 0 Å². The van der Waals surface area contributed by atoms with E-state index in [9.17, 15) is 13.2 Å². The van der Waals surface area contributed by atoms with E-state index in [0.29, 0.717) is 10.8 Å². The summed E-state index contributed by atoms with van der Waals surface area (Å²) in [6.45, 7) is -0.307. The van der Waals surface area contributed by atoms with Gasteiger partial charge in [0.1, 0.15) is 18.0 Å². The third-order valence-corrected chi connectivity index (χ3v) is 6.85. The summed E-state index contributed by atoms with van der Waals surface area (Å²) < 4.78 is 38.6. The highest BCUT2D eigenvalue weighted by molar-refractivity contribution is 7.92. The molecule has 3 rings (SSSR count). The van der Waals surface area contributed by atoms with Crippen molar-refractivity contribution in [3.05, 3.63) is 83.4 Å². The first-order chi connectivity index (χ1) is 15.4. The predicted octanol–water partition coefficient (Wildman–Crippen LogP) is 3.87. The standard InChI is InChI=1S/C23H23ClN2O5S/c1-30-18-12-13-22(31-2)21(14-18)26(32(28,29)19-9-4-3-5-10-19)16-23(27)25-15-17-8-6-7-11-20(17)24/h3-14H,15-16H2,1-2H3,(H,25,27). The van der Waals surface area contributed by atoms with E-state index in [1.54, 1.807) is 54.6 Å². The number of hydrogen-bond donors (Lipinski definition) is 1. The lowest BCUT2D eigenvalue weighted by atomic mass is 10.2. The molecule has 0 fully saturated rings. The van der Waals surface area contributed by atoms with Crippen LogP contribution in [0.4, 0.5) is 5.69 Å². The topological polar surface area (TPSA) is 84.9 Å². The van der Waals surface area contributed by atoms with Crippen LogP contribution in [0, 0.1) is 0 Å². The van der Waals surface area contributed by atoms with Gasteiger partial charge in [0, 0.05) is 17.6 Å². The van der Waals surface area contributed by atoms with Gasteiger partial charge in [-0.15, -0.1) is 0 Å². The van der Waals surface area contributed by atoms with Crippen molar-refractivity contribution < 1.29 is 22.7 Å². The number of nitrogens with zero attached hydrogens (tertiary/aromatic N) is 1. The zero-order chi connectivity index (χ0) is 23.1. The van der Waals surface area contributed by atoms with Crippen LogP contribution >= 0.6 is 11.6 Å². The molecule has 0 saturated carbocycles. The molecule has 0 unspecified atom stereocenters. The minimum atomic E-state index is -4.09. The zero-order valence-electron chi connectivity index (χ0n) is 17.6. The molecule has 9 heteroatoms. The van der Waals surface area contributed by atoms with Gasteiger partial charge in [0.05, 0.1) is 24.8 Å². The summed E-state index contributed by atoms with van der Waals surface area (Å²) in [5.74, 6) is 0.198. The number of sulfonamides is 1. The molecule has 0 aliphatic rings. The van der Waals surface area contributed by atoms with E-state index in [1.807, 2.05) is 0 Å². The highest BCUT2D eigenvalue weighted by atomic mass is 35.5. The number of carbonyl (C=O) groups excluding carboxylic acids is 1. The SMILES string of the molecule is COc1ccc(OC)c(N(CC(=O)NCc2ccccc2Cl)S(=O)(=O)c2ccccc2)c1. The number of anilines is 1. The van der Waals surface area contributed by atoms with Gasteiger partial charge in [0.15, 0.2) is 0 Å². The van der Waals surface area contributed by atoms with Crippen LogP contribution < -0.4 is 19.1 Å². The molecule has 0 aromatic heterocycles. The van der Waals surface area contributed by atoms with E-state index in [-0.39, 0.29) is 22.9 Å². The summed E-state index contributed by atoms with van der Waals surface area (Å²) in [5, 5.41) is 3.24. The smallest absolute Gasteiger partial charge is 0.264 e. The van der Waals surface area contributed by atoms with Gasteiger partial charge >= 0.3 is 0 Å². The average molecular weight is 475 g/mol. The fourth-order valence-corrected chi connectivity index (χ4v) is 4.68. The van der Waals surface area contributed by atoms with Crippen LogP contribution in [0.5, 0.6) is 11.5 Å². The Bertz CT molecular complexity index is 1190. The lowest BCUT2D eigenvalue weighted by molar-refractivity contribution is -0.119. The van der Waals surface area contributed by atoms with Crippen molar-refractivity contribution in [1.29, 1.82) is 0 Å². The molecule has 0 bridgehead atoms. The molecular weight excluding hydrogens is 452 g/mol. The van der Waals surface area contributed by atoms with Crippen molar-refractivity contribution in [1.82, 2.24) is 5.32 Å². The van der Waals surface area contributed by atoms with E-state index in [0.717, 1.165) is 9.87 Å². The maximum absolute atomic E-state index is 13.5. The minimum absolute atomic E-state index is 0.0452. The molecule has 0 aliphatic carbocycles. The predicted molar refractivity (Wildman–Crippen MR) is 124 cm³/mol. The Labute approximate surface area is 192 Å². The summed E-state index contributed by atoms with van der Waals surface area (Å²) in [6, 6.07) is 19.7. The van der Waals surface area contributed by atoms with Gasteiger partial charge in [-0.2, -0.15) is 0 Å². The molecular formula is C23H23ClN2O5S. The molecule has 3 aromatic rings. The van der Waals surface area contributed by atoms with Gasteiger partial charge in [-0.3, -0.25) is 9.10 Å². The van der Waals surface area contributed by atoms with Crippen LogP contribution in [0.15, 0.2) is 77.7 Å². The summed E-state index contributed by atoms with van der Waals surface area (Å²) in [5.41, 5.74) is 0.905. The number of halogens is 1. The first kappa shape index (κ1) is 23.4. The van der Waals surface area contributed by atoms with Gasteiger partial charge in [-0.25, -0.2) is 8.42 Å². The van der Waals surface area contributed by atoms with Crippen molar-refractivity contribution in [2.45, 2.75) is 11.4 Å². The first-order valence-corrected chi connectivity index (χ1v) is 11.5. The number of methoxy groups -OCH3 is 2. The Kier molecular flexibility index (Phi) is 7.61. The fourth-order valence-electron chi connectivity index (χ4n) is 3.03. The van der Waals surface area contributed by atoms with Gasteiger partial charge in [0.25, 0.3) is 10.0 Å². The second-order valence-electron chi connectivity index (χ2n) is 6.73. The molecule has 1 amide bonds. The average Bonchev–Trinajstić information content (AvgIpc) is 2.82. The van der Waals surface area contributed by atoms with Crippen LogP contribution in [0.25, 0.3) is 0 Å². The van der Waals surface area contributed by atoms with Gasteiger partial charge in [0.2, 0.25) is 5.91 Å². The van der Waals surface area contributed by atoms with Gasteiger partial charge in [-0.05, 0) is 35.9 Å². The van der Waals surface area contributed by atoms with Crippen LogP contribution in [-0.4, -0.2) is 35.1 Å². The maximum atomic E-state index is 13.5. The van der Waals surface area contributed by atoms with Crippen molar-refractivity contribution in [3.8, 4) is 11.5 Å². The molecule has 7 nitrogen and oxygen atoms in total. The largest absolute Gasteiger partial charge is 0.497 e. The molecule has 3 aromatic carbocycles. The highest BCUT2D eigenvalue weighted by Gasteiger charge is 2.29. The quantitative estimate of drug-likeness (QED) is 0.509. The van der Waals surface area contributed by atoms with E-state index < -0.39 is 22.5 Å². The molecule has 0 atom stereocenters. The Morgan fingerprint density at radius 1 is 0.969 bits per heavy atom. The number of ether oxygens (including phenoxy) is 2. The number of nitrogens with one attached hydrogen (secondary N) is 1. The van der Waals surface area contributed by atoms with E-state index in [1.165, 1.54) is 32.4 Å². The maximum Gasteiger partial charge on any atom is 0.264 e. The molecule has 32 heavy (non-hydrogen) atoms. The molecule has 0 spiro atoms. The van der Waals surface area contributed by atoms with Crippen LogP contribution in [-0.2, 0) is 21.4 Å². The second kappa shape index (κ2) is 10.4. The Morgan fingerprint density at radius 3 is 2.31 bits per heavy atom. The molecule has 0 aliphatic heterocycles. The van der Waals surface area contributed by atoms with E-state index >= 15 is 0 Å². The van der Waals surface area contributed by atoms with Crippen LogP contribution in [0.2, 0.25) is 5.02 Å². The number of rotatable bonds is 9. The van der Waals surface area contributed by atoms with Crippen LogP contribution in [0.1, 0.15) is 5.56 Å². The summed E-state index contributed by atoms with van der Waals surface area (Å²) >= 11 is 6.15. The molecule has 1 N–H and O–H groups in total. The van der Waals surface area contributed by atoms with E-state index in [4.69, 9.17) is 21.1 Å². The Hall–Kier alpha value is -3.23. The second-order valence-corrected chi connectivity index (χ2v) is 9.00. The summed E-state index contributed by atoms with van der Waals surface area (Å²) in [4.78, 5) is 12.9. The fraction of sp³-hybridized carbons (Fsp3) is 0.174. The number of amides is 1. The molecule has 168 valence electrons. The van der Waals surface area contributed by atoms with Gasteiger partial charge < -0.3 is 14.8 Å². The molecule has 0 heterocycles. The summed E-state index contributed by atoms with van der Waals surface area (Å²) in [7, 11) is -1.19. The van der Waals surface area contributed by atoms with Crippen molar-refractivity contribution >= 4 is 33.2 Å². The number of benzene rings is 3. The monoisotopic (exact) mass is 474 g/mol. The summed E-state index contributed by atoms with van der Waals surface area (Å²) in [6.07, 6.45) is 0. The van der Waals surface area contributed by atoms with Crippen molar-refractivity contribution in [2.75, 3.05) is 25.1 Å². The third kappa shape index (κ3) is 5.33. The molecule has 0 radical (unpaired) electrons. The zero-order valence-corrected chi connectivity index (χ0v) is 19.2. The number of carbonyl (C=O) groups is 1. The first-order valence-electron chi connectivity index (χ1n) is 9.66. The number of hydrogen-bond acceptors (Lipinski definition) is 5. The Morgan fingerprint density at radius 2 is 1.66 bits per heavy atom. The van der Waals surface area contributed by atoms with E-state index in [2.05, 4.69) is 5.32 Å². The third-order valence-electron chi connectivity index (χ3n) is 4.71. The minimum Gasteiger partial charge on any atom is -0.497 e. The van der Waals surface area contributed by atoms with Crippen LogP contribution in [0.3, 0.4) is 0 Å². The normalized spacial score (nSPS) is 11.0. The lowest BCUT2D eigenvalue weighted by Crippen LogP contribution is -2.40. The highest BCUT2D eigenvalue weighted by Crippen LogP contribution is 2.35. The Balaban J connectivity index is 1.96. The van der Waals surface area contributed by atoms with Crippen molar-refractivity contribution in [2.24, 2.45) is 0 Å². The molecule has 0 saturated heterocycles.